The Bertz CT molecular complexity index is 671. The highest BCUT2D eigenvalue weighted by Gasteiger charge is 2.21. The van der Waals surface area contributed by atoms with Crippen LogP contribution < -0.4 is 5.32 Å². The van der Waals surface area contributed by atoms with Crippen molar-refractivity contribution >= 4 is 35.8 Å². The first-order valence-electron chi connectivity index (χ1n) is 10.3. The van der Waals surface area contributed by atoms with Crippen LogP contribution in [0.1, 0.15) is 25.0 Å². The Balaban J connectivity index is 0.00000300. The lowest BCUT2D eigenvalue weighted by Gasteiger charge is -2.36. The summed E-state index contributed by atoms with van der Waals surface area (Å²) in [6.07, 6.45) is 0. The van der Waals surface area contributed by atoms with Gasteiger partial charge in [-0.1, -0.05) is 24.3 Å². The van der Waals surface area contributed by atoms with Crippen LogP contribution in [0, 0.1) is 0 Å². The summed E-state index contributed by atoms with van der Waals surface area (Å²) in [5.41, 5.74) is 2.61. The number of guanidine groups is 1. The molecule has 1 aromatic carbocycles. The second-order valence-corrected chi connectivity index (χ2v) is 7.32. The topological polar surface area (TPSA) is 60.4 Å². The highest BCUT2D eigenvalue weighted by Crippen LogP contribution is 2.14. The summed E-state index contributed by atoms with van der Waals surface area (Å²) in [4.78, 5) is 23.1. The molecule has 1 amide bonds. The van der Waals surface area contributed by atoms with E-state index >= 15 is 0 Å². The molecule has 0 atom stereocenters. The smallest absolute Gasteiger partial charge is 0.219 e. The van der Waals surface area contributed by atoms with Crippen molar-refractivity contribution in [1.29, 1.82) is 0 Å². The lowest BCUT2D eigenvalue weighted by Crippen LogP contribution is -2.53. The lowest BCUT2D eigenvalue weighted by atomic mass is 10.1. The number of hydrogen-bond donors (Lipinski definition) is 1. The molecule has 0 aromatic heterocycles. The first-order valence-corrected chi connectivity index (χ1v) is 10.3. The van der Waals surface area contributed by atoms with Crippen molar-refractivity contribution in [1.82, 2.24) is 20.0 Å². The number of halogens is 1. The molecule has 0 unspecified atom stereocenters. The predicted octanol–water partition coefficient (Wildman–Crippen LogP) is 1.77. The Hall–Kier alpha value is -1.39. The van der Waals surface area contributed by atoms with Crippen LogP contribution >= 0.6 is 24.0 Å². The van der Waals surface area contributed by atoms with Gasteiger partial charge in [0.2, 0.25) is 5.91 Å². The van der Waals surface area contributed by atoms with Gasteiger partial charge in [-0.3, -0.25) is 9.69 Å². The number of amides is 1. The number of hydrogen-bond acceptors (Lipinski definition) is 4. The second-order valence-electron chi connectivity index (χ2n) is 7.32. The first-order chi connectivity index (χ1) is 13.7. The zero-order chi connectivity index (χ0) is 19.8. The molecule has 0 radical (unpaired) electrons. The third-order valence-corrected chi connectivity index (χ3v) is 5.37. The van der Waals surface area contributed by atoms with Gasteiger partial charge in [-0.25, -0.2) is 4.99 Å². The SMILES string of the molecule is CCNC(=NCc1ccccc1CN1CCOCC1)N1CCN(C(C)=O)CC1.I. The largest absolute Gasteiger partial charge is 0.379 e. The number of rotatable bonds is 5. The van der Waals surface area contributed by atoms with E-state index < -0.39 is 0 Å². The molecule has 2 saturated heterocycles. The van der Waals surface area contributed by atoms with Crippen LogP contribution in [-0.4, -0.2) is 85.6 Å². The standard InChI is InChI=1S/C21H33N5O2.HI/c1-3-22-21(26-10-8-25(9-11-26)18(2)27)23-16-19-6-4-5-7-20(19)17-24-12-14-28-15-13-24;/h4-7H,3,8-17H2,1-2H3,(H,22,23);1H. The Morgan fingerprint density at radius 3 is 2.28 bits per heavy atom. The molecule has 0 saturated carbocycles. The van der Waals surface area contributed by atoms with Gasteiger partial charge in [0, 0.05) is 59.3 Å². The number of nitrogens with zero attached hydrogens (tertiary/aromatic N) is 4. The van der Waals surface area contributed by atoms with Gasteiger partial charge < -0.3 is 19.9 Å². The highest BCUT2D eigenvalue weighted by atomic mass is 127. The fraction of sp³-hybridized carbons (Fsp3) is 0.619. The summed E-state index contributed by atoms with van der Waals surface area (Å²) in [5.74, 6) is 1.09. The molecule has 2 fully saturated rings. The van der Waals surface area contributed by atoms with Gasteiger partial charge in [0.05, 0.1) is 19.8 Å². The molecule has 8 heteroatoms. The maximum atomic E-state index is 11.6. The van der Waals surface area contributed by atoms with Gasteiger partial charge in [-0.2, -0.15) is 0 Å². The number of carbonyl (C=O) groups is 1. The zero-order valence-electron chi connectivity index (χ0n) is 17.6. The Morgan fingerprint density at radius 2 is 1.66 bits per heavy atom. The molecule has 0 aliphatic carbocycles. The summed E-state index contributed by atoms with van der Waals surface area (Å²) < 4.78 is 5.46. The lowest BCUT2D eigenvalue weighted by molar-refractivity contribution is -0.130. The maximum absolute atomic E-state index is 11.6. The van der Waals surface area contributed by atoms with E-state index in [1.54, 1.807) is 6.92 Å². The van der Waals surface area contributed by atoms with Crippen LogP contribution in [0.4, 0.5) is 0 Å². The minimum Gasteiger partial charge on any atom is -0.379 e. The molecular formula is C21H34IN5O2. The van der Waals surface area contributed by atoms with Crippen LogP contribution in [0.5, 0.6) is 0 Å². The third-order valence-electron chi connectivity index (χ3n) is 5.37. The molecule has 3 rings (SSSR count). The molecule has 7 nitrogen and oxygen atoms in total. The van der Waals surface area contributed by atoms with Gasteiger partial charge in [0.1, 0.15) is 0 Å². The van der Waals surface area contributed by atoms with Gasteiger partial charge in [0.15, 0.2) is 5.96 Å². The monoisotopic (exact) mass is 515 g/mol. The second kappa shape index (κ2) is 12.3. The van der Waals surface area contributed by atoms with Crippen molar-refractivity contribution in [2.24, 2.45) is 4.99 Å². The van der Waals surface area contributed by atoms with Gasteiger partial charge in [-0.15, -0.1) is 24.0 Å². The zero-order valence-corrected chi connectivity index (χ0v) is 19.9. The van der Waals surface area contributed by atoms with Crippen molar-refractivity contribution in [3.05, 3.63) is 35.4 Å². The molecule has 2 heterocycles. The van der Waals surface area contributed by atoms with Crippen molar-refractivity contribution in [2.45, 2.75) is 26.9 Å². The minimum absolute atomic E-state index is 0. The molecule has 0 bridgehead atoms. The Morgan fingerprint density at radius 1 is 1.03 bits per heavy atom. The fourth-order valence-electron chi connectivity index (χ4n) is 3.69. The van der Waals surface area contributed by atoms with Gasteiger partial charge in [0.25, 0.3) is 0 Å². The summed E-state index contributed by atoms with van der Waals surface area (Å²) in [6.45, 7) is 12.9. The van der Waals surface area contributed by atoms with E-state index in [4.69, 9.17) is 9.73 Å². The molecule has 0 spiro atoms. The molecule has 1 N–H and O–H groups in total. The van der Waals surface area contributed by atoms with Crippen LogP contribution in [0.15, 0.2) is 29.3 Å². The first kappa shape index (κ1) is 23.9. The van der Waals surface area contributed by atoms with Crippen molar-refractivity contribution < 1.29 is 9.53 Å². The van der Waals surface area contributed by atoms with Crippen molar-refractivity contribution in [2.75, 3.05) is 59.0 Å². The average Bonchev–Trinajstić information content (AvgIpc) is 2.73. The molecule has 1 aromatic rings. The Labute approximate surface area is 191 Å². The Kier molecular flexibility index (Phi) is 10.2. The number of piperazine rings is 1. The number of ether oxygens (including phenoxy) is 1. The summed E-state index contributed by atoms with van der Waals surface area (Å²) in [6, 6.07) is 8.58. The van der Waals surface area contributed by atoms with Crippen LogP contribution in [0.2, 0.25) is 0 Å². The van der Waals surface area contributed by atoms with E-state index in [0.717, 1.165) is 71.5 Å². The number of morpholine rings is 1. The average molecular weight is 515 g/mol. The van der Waals surface area contributed by atoms with E-state index in [0.29, 0.717) is 6.54 Å². The van der Waals surface area contributed by atoms with E-state index in [1.807, 2.05) is 4.90 Å². The number of nitrogens with one attached hydrogen (secondary N) is 1. The number of benzene rings is 1. The van der Waals surface area contributed by atoms with E-state index in [1.165, 1.54) is 11.1 Å². The molecule has 2 aliphatic rings. The summed E-state index contributed by atoms with van der Waals surface area (Å²) in [7, 11) is 0. The fourth-order valence-corrected chi connectivity index (χ4v) is 3.69. The van der Waals surface area contributed by atoms with E-state index in [2.05, 4.69) is 46.3 Å². The van der Waals surface area contributed by atoms with E-state index in [-0.39, 0.29) is 29.9 Å². The van der Waals surface area contributed by atoms with Crippen molar-refractivity contribution in [3.8, 4) is 0 Å². The quantitative estimate of drug-likeness (QED) is 0.368. The normalized spacial score (nSPS) is 18.3. The van der Waals surface area contributed by atoms with E-state index in [9.17, 15) is 4.79 Å². The third kappa shape index (κ3) is 7.11. The van der Waals surface area contributed by atoms with Crippen LogP contribution in [-0.2, 0) is 22.6 Å². The minimum atomic E-state index is 0. The number of aliphatic imine (C=N–C) groups is 1. The molecule has 162 valence electrons. The summed E-state index contributed by atoms with van der Waals surface area (Å²) in [5, 5.41) is 3.41. The van der Waals surface area contributed by atoms with Gasteiger partial charge in [-0.05, 0) is 18.1 Å². The van der Waals surface area contributed by atoms with Crippen LogP contribution in [0.25, 0.3) is 0 Å². The molecule has 29 heavy (non-hydrogen) atoms. The summed E-state index contributed by atoms with van der Waals surface area (Å²) >= 11 is 0. The maximum Gasteiger partial charge on any atom is 0.219 e. The predicted molar refractivity (Wildman–Crippen MR) is 127 cm³/mol. The number of carbonyl (C=O) groups excluding carboxylic acids is 1. The van der Waals surface area contributed by atoms with Crippen molar-refractivity contribution in [3.63, 3.8) is 0 Å². The highest BCUT2D eigenvalue weighted by molar-refractivity contribution is 14.0. The van der Waals surface area contributed by atoms with Gasteiger partial charge >= 0.3 is 0 Å². The molecule has 2 aliphatic heterocycles. The molecular weight excluding hydrogens is 481 g/mol. The van der Waals surface area contributed by atoms with Crippen LogP contribution in [0.3, 0.4) is 0 Å².